The van der Waals surface area contributed by atoms with Crippen LogP contribution in [-0.2, 0) is 0 Å². The van der Waals surface area contributed by atoms with Crippen LogP contribution in [0.5, 0.6) is 5.75 Å². The quantitative estimate of drug-likeness (QED) is 0.563. The number of para-hydroxylation sites is 1. The minimum absolute atomic E-state index is 0. The highest BCUT2D eigenvalue weighted by Gasteiger charge is 2.05. The Morgan fingerprint density at radius 2 is 1.54 bits per heavy atom. The van der Waals surface area contributed by atoms with Gasteiger partial charge in [-0.3, -0.25) is 0 Å². The van der Waals surface area contributed by atoms with Crippen LogP contribution in [-0.4, -0.2) is 32.6 Å². The molecule has 6 nitrogen and oxygen atoms in total. The van der Waals surface area contributed by atoms with Crippen molar-refractivity contribution in [1.29, 1.82) is 0 Å². The summed E-state index contributed by atoms with van der Waals surface area (Å²) in [6.45, 7) is 0. The van der Waals surface area contributed by atoms with Gasteiger partial charge in [-0.05, 0) is 12.1 Å². The van der Waals surface area contributed by atoms with Gasteiger partial charge in [0.2, 0.25) is 0 Å². The molecule has 0 aliphatic carbocycles. The van der Waals surface area contributed by atoms with Gasteiger partial charge in [-0.1, -0.05) is 12.1 Å². The number of carboxylic acid groups (broad SMARTS) is 1. The first-order chi connectivity index (χ1) is 4.72. The fourth-order valence-corrected chi connectivity index (χ4v) is 0.654. The maximum atomic E-state index is 10.3. The molecular weight excluding hydrogens is 180 g/mol. The molecule has 0 amide bonds. The number of hydrogen-bond acceptors (Lipinski definition) is 2. The Labute approximate surface area is 74.0 Å². The molecule has 0 bridgehead atoms. The third kappa shape index (κ3) is 4.06. The zero-order valence-electron chi connectivity index (χ0n) is 6.61. The van der Waals surface area contributed by atoms with E-state index < -0.39 is 5.97 Å². The van der Waals surface area contributed by atoms with Crippen LogP contribution in [0.2, 0.25) is 0 Å². The molecule has 0 unspecified atom stereocenters. The van der Waals surface area contributed by atoms with Crippen molar-refractivity contribution in [3.63, 3.8) is 0 Å². The van der Waals surface area contributed by atoms with Crippen LogP contribution in [0.25, 0.3) is 0 Å². The highest BCUT2D eigenvalue weighted by Crippen LogP contribution is 2.14. The lowest BCUT2D eigenvalue weighted by atomic mass is 10.2. The smallest absolute Gasteiger partial charge is 0.339 e. The molecule has 6 heteroatoms. The summed E-state index contributed by atoms with van der Waals surface area (Å²) in [6, 6.07) is 5.81. The summed E-state index contributed by atoms with van der Waals surface area (Å²) in [6.07, 6.45) is 0. The van der Waals surface area contributed by atoms with Crippen molar-refractivity contribution in [3.05, 3.63) is 29.8 Å². The molecule has 76 valence electrons. The number of aromatic hydroxyl groups is 1. The average molecular weight is 192 g/mol. The Morgan fingerprint density at radius 3 is 1.85 bits per heavy atom. The van der Waals surface area contributed by atoms with Crippen LogP contribution in [0.15, 0.2) is 24.3 Å². The van der Waals surface area contributed by atoms with E-state index in [2.05, 4.69) is 0 Å². The second-order valence-corrected chi connectivity index (χ2v) is 1.82. The minimum Gasteiger partial charge on any atom is -0.507 e. The Hall–Kier alpha value is -1.63. The molecule has 0 saturated heterocycles. The summed E-state index contributed by atoms with van der Waals surface area (Å²) >= 11 is 0. The van der Waals surface area contributed by atoms with Crippen LogP contribution < -0.4 is 0 Å². The predicted molar refractivity (Wildman–Crippen MR) is 45.9 cm³/mol. The maximum Gasteiger partial charge on any atom is 0.339 e. The monoisotopic (exact) mass is 192 g/mol. The summed E-state index contributed by atoms with van der Waals surface area (Å²) < 4.78 is 0. The number of aromatic carboxylic acids is 1. The Morgan fingerprint density at radius 1 is 1.08 bits per heavy atom. The average Bonchev–Trinajstić information content (AvgIpc) is 1.88. The fraction of sp³-hybridized carbons (Fsp3) is 0. The molecule has 8 N–H and O–H groups in total. The Kier molecular flexibility index (Phi) is 9.45. The zero-order valence-corrected chi connectivity index (χ0v) is 6.61. The standard InChI is InChI=1S/C7H6O3.3H2O/c8-6-4-2-1-3-5(6)7(9)10;;;/h1-4,8H,(H,9,10);3*1H2. The lowest BCUT2D eigenvalue weighted by Crippen LogP contribution is -1.95. The van der Waals surface area contributed by atoms with Crippen LogP contribution in [0.4, 0.5) is 0 Å². The highest BCUT2D eigenvalue weighted by molar-refractivity contribution is 5.90. The molecular formula is C7H12O6. The number of hydrogen-bond donors (Lipinski definition) is 2. The topological polar surface area (TPSA) is 152 Å². The lowest BCUT2D eigenvalue weighted by Gasteiger charge is -1.95. The van der Waals surface area contributed by atoms with Gasteiger partial charge in [0.1, 0.15) is 11.3 Å². The van der Waals surface area contributed by atoms with Crippen molar-refractivity contribution in [1.82, 2.24) is 0 Å². The molecule has 0 aliphatic rings. The molecule has 13 heavy (non-hydrogen) atoms. The summed E-state index contributed by atoms with van der Waals surface area (Å²) in [7, 11) is 0. The van der Waals surface area contributed by atoms with Gasteiger partial charge >= 0.3 is 5.97 Å². The second-order valence-electron chi connectivity index (χ2n) is 1.82. The number of phenols is 1. The summed E-state index contributed by atoms with van der Waals surface area (Å²) in [4.78, 5) is 10.3. The van der Waals surface area contributed by atoms with E-state index in [1.165, 1.54) is 12.1 Å². The largest absolute Gasteiger partial charge is 0.507 e. The van der Waals surface area contributed by atoms with Crippen LogP contribution >= 0.6 is 0 Å². The van der Waals surface area contributed by atoms with Gasteiger partial charge in [0.15, 0.2) is 0 Å². The number of benzene rings is 1. The first-order valence-electron chi connectivity index (χ1n) is 2.73. The minimum atomic E-state index is -1.11. The number of rotatable bonds is 1. The fourth-order valence-electron chi connectivity index (χ4n) is 0.654. The molecule has 0 saturated carbocycles. The van der Waals surface area contributed by atoms with Gasteiger partial charge in [-0.2, -0.15) is 0 Å². The zero-order chi connectivity index (χ0) is 7.56. The van der Waals surface area contributed by atoms with Crippen molar-refractivity contribution in [2.24, 2.45) is 0 Å². The Balaban J connectivity index is -0.000000333. The normalized spacial score (nSPS) is 7.08. The van der Waals surface area contributed by atoms with E-state index in [4.69, 9.17) is 10.2 Å². The second kappa shape index (κ2) is 7.04. The van der Waals surface area contributed by atoms with E-state index in [0.29, 0.717) is 0 Å². The molecule has 0 spiro atoms. The number of carboxylic acids is 1. The predicted octanol–water partition coefficient (Wildman–Crippen LogP) is -1.38. The van der Waals surface area contributed by atoms with E-state index >= 15 is 0 Å². The Bertz CT molecular complexity index is 259. The summed E-state index contributed by atoms with van der Waals surface area (Å²) in [5, 5.41) is 17.3. The molecule has 1 aromatic rings. The van der Waals surface area contributed by atoms with E-state index in [1.54, 1.807) is 12.1 Å². The van der Waals surface area contributed by atoms with Crippen molar-refractivity contribution >= 4 is 5.97 Å². The highest BCUT2D eigenvalue weighted by atomic mass is 16.4. The van der Waals surface area contributed by atoms with E-state index in [1.807, 2.05) is 0 Å². The molecule has 0 heterocycles. The van der Waals surface area contributed by atoms with E-state index in [0.717, 1.165) is 0 Å². The van der Waals surface area contributed by atoms with Gasteiger partial charge in [-0.15, -0.1) is 0 Å². The summed E-state index contributed by atoms with van der Waals surface area (Å²) in [5.74, 6) is -1.31. The van der Waals surface area contributed by atoms with Crippen molar-refractivity contribution in [2.75, 3.05) is 0 Å². The van der Waals surface area contributed by atoms with E-state index in [9.17, 15) is 4.79 Å². The first-order valence-corrected chi connectivity index (χ1v) is 2.73. The SMILES string of the molecule is O.O.O.O=C(O)c1ccccc1O. The third-order valence-electron chi connectivity index (χ3n) is 1.13. The van der Waals surface area contributed by atoms with Crippen molar-refractivity contribution < 1.29 is 31.4 Å². The molecule has 0 aromatic heterocycles. The van der Waals surface area contributed by atoms with Gasteiger partial charge < -0.3 is 26.6 Å². The van der Waals surface area contributed by atoms with Crippen LogP contribution in [0, 0.1) is 0 Å². The molecule has 0 radical (unpaired) electrons. The van der Waals surface area contributed by atoms with Gasteiger partial charge in [0, 0.05) is 0 Å². The van der Waals surface area contributed by atoms with Gasteiger partial charge in [-0.25, -0.2) is 4.79 Å². The van der Waals surface area contributed by atoms with Crippen molar-refractivity contribution in [2.45, 2.75) is 0 Å². The van der Waals surface area contributed by atoms with Gasteiger partial charge in [0.25, 0.3) is 0 Å². The maximum absolute atomic E-state index is 10.3. The third-order valence-corrected chi connectivity index (χ3v) is 1.13. The number of carbonyl (C=O) groups is 1. The lowest BCUT2D eigenvalue weighted by molar-refractivity contribution is 0.0693. The van der Waals surface area contributed by atoms with Crippen molar-refractivity contribution in [3.8, 4) is 5.75 Å². The van der Waals surface area contributed by atoms with Crippen LogP contribution in [0.1, 0.15) is 10.4 Å². The molecule has 1 rings (SSSR count). The molecule has 0 atom stereocenters. The van der Waals surface area contributed by atoms with Crippen LogP contribution in [0.3, 0.4) is 0 Å². The van der Waals surface area contributed by atoms with E-state index in [-0.39, 0.29) is 27.7 Å². The molecule has 1 aromatic carbocycles. The first kappa shape index (κ1) is 17.5. The molecule has 0 aliphatic heterocycles. The molecule has 0 fully saturated rings. The summed E-state index contributed by atoms with van der Waals surface area (Å²) in [5.41, 5.74) is -0.0671. The van der Waals surface area contributed by atoms with Gasteiger partial charge in [0.05, 0.1) is 0 Å².